The first-order valence-electron chi connectivity index (χ1n) is 22.1. The molecule has 348 valence electrons. The number of rotatable bonds is 20. The van der Waals surface area contributed by atoms with Crippen molar-refractivity contribution < 1.29 is 50.6 Å². The summed E-state index contributed by atoms with van der Waals surface area (Å²) in [5, 5.41) is 20.2. The highest BCUT2D eigenvalue weighted by molar-refractivity contribution is 7.79. The molecule has 0 N–H and O–H groups in total. The molecular formula is C48H71BF6O5P2. The molecule has 0 aliphatic heterocycles. The highest BCUT2D eigenvalue weighted by atomic mass is 31.2. The minimum atomic E-state index is -5.05. The summed E-state index contributed by atoms with van der Waals surface area (Å²) in [6.45, 7) is 28.1. The summed E-state index contributed by atoms with van der Waals surface area (Å²) in [6, 6.07) is 19.9. The van der Waals surface area contributed by atoms with Gasteiger partial charge in [-0.1, -0.05) is 102 Å². The molecular weight excluding hydrogens is 843 g/mol. The van der Waals surface area contributed by atoms with Gasteiger partial charge in [-0.25, -0.2) is 0 Å². The monoisotopic (exact) mass is 914 g/mol. The van der Waals surface area contributed by atoms with Crippen LogP contribution in [0.3, 0.4) is 0 Å². The average Bonchev–Trinajstić information content (AvgIpc) is 3.25. The van der Waals surface area contributed by atoms with Gasteiger partial charge in [-0.2, -0.15) is 26.3 Å². The standard InChI is InChI=1S/2C20H34OP.C8H3BF6O3/c2*1-7-16(4)22(17(5)8-2,18(6)9-3)15-20(21)19-13-11-10-12-14-19;10-7(11,12)4-1-5(8(13,14)15)3-6(2-4)18-9(16)17/h2*10-14,16-18H,7-9,15H2,1-6H3;1-3H/q2*+1;-2. The van der Waals surface area contributed by atoms with Gasteiger partial charge in [0.15, 0.2) is 11.6 Å². The largest absolute Gasteiger partial charge is 0.860 e. The van der Waals surface area contributed by atoms with Crippen molar-refractivity contribution >= 4 is 33.4 Å². The first-order chi connectivity index (χ1) is 28.9. The Morgan fingerprint density at radius 2 is 0.774 bits per heavy atom. The van der Waals surface area contributed by atoms with Gasteiger partial charge >= 0.3 is 12.4 Å². The van der Waals surface area contributed by atoms with Crippen molar-refractivity contribution in [3.8, 4) is 5.75 Å². The van der Waals surface area contributed by atoms with Crippen LogP contribution < -0.4 is 14.7 Å². The Hall–Kier alpha value is -2.78. The number of carbonyl (C=O) groups excluding carboxylic acids is 2. The van der Waals surface area contributed by atoms with Crippen LogP contribution in [0.15, 0.2) is 78.9 Å². The highest BCUT2D eigenvalue weighted by Gasteiger charge is 2.53. The number of hydrogen-bond acceptors (Lipinski definition) is 5. The number of hydrogen-bond donors (Lipinski definition) is 0. The van der Waals surface area contributed by atoms with Gasteiger partial charge in [-0.15, -0.1) is 0 Å². The Kier molecular flexibility index (Phi) is 24.2. The van der Waals surface area contributed by atoms with E-state index in [-0.39, 0.29) is 18.2 Å². The molecule has 3 aromatic rings. The second-order valence-electron chi connectivity index (χ2n) is 16.6. The average molecular weight is 915 g/mol. The van der Waals surface area contributed by atoms with E-state index < -0.39 is 51.1 Å². The summed E-state index contributed by atoms with van der Waals surface area (Å²) in [4.78, 5) is 25.9. The number of benzene rings is 3. The van der Waals surface area contributed by atoms with Gasteiger partial charge in [0.1, 0.15) is 19.6 Å². The fourth-order valence-electron chi connectivity index (χ4n) is 8.61. The van der Waals surface area contributed by atoms with E-state index in [4.69, 9.17) is 0 Å². The summed E-state index contributed by atoms with van der Waals surface area (Å²) >= 11 is 0. The molecule has 0 heterocycles. The summed E-state index contributed by atoms with van der Waals surface area (Å²) in [6.07, 6.45) is -1.42. The second kappa shape index (κ2) is 26.3. The van der Waals surface area contributed by atoms with Gasteiger partial charge in [-0.05, 0) is 98.3 Å². The second-order valence-corrected chi connectivity index (χ2v) is 26.5. The molecule has 0 bridgehead atoms. The van der Waals surface area contributed by atoms with E-state index in [2.05, 4.69) is 87.7 Å². The van der Waals surface area contributed by atoms with Gasteiger partial charge in [0.05, 0.1) is 50.8 Å². The quantitative estimate of drug-likeness (QED) is 0.0487. The number of halogens is 6. The maximum Gasteiger partial charge on any atom is 0.416 e. The van der Waals surface area contributed by atoms with Crippen LogP contribution >= 0.6 is 14.5 Å². The van der Waals surface area contributed by atoms with Crippen molar-refractivity contribution in [2.24, 2.45) is 0 Å². The van der Waals surface area contributed by atoms with Crippen LogP contribution in [-0.2, 0) is 12.4 Å². The molecule has 3 rings (SSSR count). The molecule has 0 radical (unpaired) electrons. The first-order valence-corrected chi connectivity index (χ1v) is 26.4. The zero-order valence-corrected chi connectivity index (χ0v) is 40.7. The van der Waals surface area contributed by atoms with Crippen LogP contribution in [0.5, 0.6) is 5.75 Å². The van der Waals surface area contributed by atoms with Crippen molar-refractivity contribution in [2.45, 2.75) is 168 Å². The summed E-state index contributed by atoms with van der Waals surface area (Å²) < 4.78 is 77.5. The van der Waals surface area contributed by atoms with E-state index in [0.29, 0.717) is 45.5 Å². The van der Waals surface area contributed by atoms with Crippen molar-refractivity contribution in [1.29, 1.82) is 0 Å². The van der Waals surface area contributed by atoms with Crippen molar-refractivity contribution in [1.82, 2.24) is 0 Å². The Labute approximate surface area is 370 Å². The molecule has 0 spiro atoms. The Balaban J connectivity index is 0.000000468. The molecule has 6 atom stereocenters. The van der Waals surface area contributed by atoms with Crippen LogP contribution in [0.25, 0.3) is 0 Å². The third-order valence-corrected chi connectivity index (χ3v) is 27.0. The molecule has 3 aromatic carbocycles. The van der Waals surface area contributed by atoms with E-state index in [0.717, 1.165) is 23.5 Å². The van der Waals surface area contributed by atoms with Crippen LogP contribution in [0, 0.1) is 0 Å². The lowest BCUT2D eigenvalue weighted by Crippen LogP contribution is -2.50. The van der Waals surface area contributed by atoms with Crippen LogP contribution in [-0.4, -0.2) is 65.2 Å². The fraction of sp³-hybridized carbons (Fsp3) is 0.583. The minimum absolute atomic E-state index is 0.141. The molecule has 5 nitrogen and oxygen atoms in total. The molecule has 0 amide bonds. The van der Waals surface area contributed by atoms with Gasteiger partial charge in [0, 0.05) is 25.7 Å². The van der Waals surface area contributed by atoms with E-state index in [9.17, 15) is 46.0 Å². The first kappa shape index (κ1) is 57.2. The maximum atomic E-state index is 12.9. The molecule has 0 saturated carbocycles. The molecule has 0 aliphatic rings. The fourth-order valence-corrected chi connectivity index (χ4v) is 21.1. The Bertz CT molecular complexity index is 1590. The zero-order chi connectivity index (χ0) is 47.6. The number of alkyl halides is 6. The molecule has 0 aromatic heterocycles. The lowest BCUT2D eigenvalue weighted by atomic mass is 10.1. The third-order valence-electron chi connectivity index (χ3n) is 13.3. The predicted octanol–water partition coefficient (Wildman–Crippen LogP) is 13.4. The van der Waals surface area contributed by atoms with E-state index in [1.54, 1.807) is 0 Å². The Morgan fingerprint density at radius 3 is 0.984 bits per heavy atom. The smallest absolute Gasteiger partial charge is 0.416 e. The number of Topliss-reactive ketones (excluding diaryl/α,β-unsaturated/α-hetero) is 2. The normalized spacial score (nSPS) is 16.6. The van der Waals surface area contributed by atoms with Gasteiger partial charge in [0.25, 0.3) is 0 Å². The molecule has 0 fully saturated rings. The molecule has 14 heteroatoms. The summed E-state index contributed by atoms with van der Waals surface area (Å²) in [5.41, 5.74) is 2.49. The van der Waals surface area contributed by atoms with Crippen molar-refractivity contribution in [3.05, 3.63) is 101 Å². The molecule has 6 unspecified atom stereocenters. The predicted molar refractivity (Wildman–Crippen MR) is 246 cm³/mol. The highest BCUT2D eigenvalue weighted by Crippen LogP contribution is 2.73. The van der Waals surface area contributed by atoms with Crippen LogP contribution in [0.2, 0.25) is 0 Å². The lowest BCUT2D eigenvalue weighted by Gasteiger charge is -2.41. The molecule has 62 heavy (non-hydrogen) atoms. The van der Waals surface area contributed by atoms with E-state index in [1.165, 1.54) is 38.5 Å². The zero-order valence-electron chi connectivity index (χ0n) is 38.9. The minimum Gasteiger partial charge on any atom is -0.860 e. The Morgan fingerprint density at radius 1 is 0.516 bits per heavy atom. The van der Waals surface area contributed by atoms with Crippen molar-refractivity contribution in [2.75, 3.05) is 12.3 Å². The van der Waals surface area contributed by atoms with Crippen molar-refractivity contribution in [3.63, 3.8) is 0 Å². The summed E-state index contributed by atoms with van der Waals surface area (Å²) in [5.74, 6) is -0.364. The summed E-state index contributed by atoms with van der Waals surface area (Å²) in [7, 11) is -5.70. The number of ketones is 2. The SMILES string of the molecule is CCC(C)[P+](CC(=O)c1ccccc1)(C(C)CC)C(C)CC.CCC(C)[P+](CC(=O)c1ccccc1)(C(C)CC)C(C)CC.[O-]B([O-])Oc1cc(C(F)(F)F)cc(C(F)(F)F)c1. The van der Waals surface area contributed by atoms with E-state index in [1.807, 2.05) is 60.7 Å². The third kappa shape index (κ3) is 15.7. The topological polar surface area (TPSA) is 89.5 Å². The molecule has 0 saturated heterocycles. The van der Waals surface area contributed by atoms with E-state index >= 15 is 0 Å². The van der Waals surface area contributed by atoms with Gasteiger partial charge in [-0.3, -0.25) is 9.59 Å². The number of carbonyl (C=O) groups is 2. The lowest BCUT2D eigenvalue weighted by molar-refractivity contribution is -0.372. The molecule has 0 aliphatic carbocycles. The maximum absolute atomic E-state index is 12.9. The van der Waals surface area contributed by atoms with Gasteiger partial charge < -0.3 is 14.7 Å². The van der Waals surface area contributed by atoms with Crippen LogP contribution in [0.1, 0.15) is 153 Å². The van der Waals surface area contributed by atoms with Crippen LogP contribution in [0.4, 0.5) is 26.3 Å². The van der Waals surface area contributed by atoms with Gasteiger partial charge in [0.2, 0.25) is 0 Å².